The summed E-state index contributed by atoms with van der Waals surface area (Å²) < 4.78 is 18.7. The average Bonchev–Trinajstić information content (AvgIpc) is 2.95. The van der Waals surface area contributed by atoms with Crippen molar-refractivity contribution >= 4 is 17.1 Å². The Bertz CT molecular complexity index is 907. The number of carbonyl (C=O) groups is 1. The standard InChI is InChI=1S/C17H15FN2O4/c1-10-14-6-12(9-21)7-15(16(14)24-19-10)13-4-2-3-11(5-13)8-20(18)17(22)23/h2-7,21H,8-9H2,1H3,(H,22,23). The van der Waals surface area contributed by atoms with E-state index in [9.17, 15) is 14.4 Å². The molecule has 3 aromatic rings. The van der Waals surface area contributed by atoms with Gasteiger partial charge in [-0.05, 0) is 41.8 Å². The van der Waals surface area contributed by atoms with Crippen LogP contribution in [0, 0.1) is 6.92 Å². The number of benzene rings is 2. The molecule has 1 aromatic heterocycles. The number of hydrogen-bond acceptors (Lipinski definition) is 4. The predicted octanol–water partition coefficient (Wildman–Crippen LogP) is 3.66. The van der Waals surface area contributed by atoms with Gasteiger partial charge >= 0.3 is 6.09 Å². The third-order valence-electron chi connectivity index (χ3n) is 3.76. The molecular weight excluding hydrogens is 315 g/mol. The molecule has 3 rings (SSSR count). The molecule has 0 saturated heterocycles. The molecule has 124 valence electrons. The molecule has 2 N–H and O–H groups in total. The Labute approximate surface area is 136 Å². The normalized spacial score (nSPS) is 11.0. The van der Waals surface area contributed by atoms with Crippen molar-refractivity contribution < 1.29 is 24.0 Å². The van der Waals surface area contributed by atoms with Crippen LogP contribution < -0.4 is 0 Å². The Balaban J connectivity index is 2.09. The third-order valence-corrected chi connectivity index (χ3v) is 3.76. The first-order valence-corrected chi connectivity index (χ1v) is 7.25. The molecule has 0 aliphatic rings. The number of carboxylic acid groups (broad SMARTS) is 1. The van der Waals surface area contributed by atoms with Crippen molar-refractivity contribution in [1.82, 2.24) is 10.3 Å². The van der Waals surface area contributed by atoms with Crippen molar-refractivity contribution in [1.29, 1.82) is 0 Å². The summed E-state index contributed by atoms with van der Waals surface area (Å²) in [5, 5.41) is 22.6. The molecule has 0 atom stereocenters. The summed E-state index contributed by atoms with van der Waals surface area (Å²) in [5.41, 5.74) is 3.90. The molecule has 0 radical (unpaired) electrons. The van der Waals surface area contributed by atoms with Crippen molar-refractivity contribution in [3.8, 4) is 11.1 Å². The molecule has 0 bridgehead atoms. The fourth-order valence-corrected chi connectivity index (χ4v) is 2.59. The molecule has 1 amide bonds. The van der Waals surface area contributed by atoms with E-state index in [1.165, 1.54) is 0 Å². The van der Waals surface area contributed by atoms with Crippen LogP contribution >= 0.6 is 0 Å². The number of amides is 1. The Morgan fingerprint density at radius 1 is 1.29 bits per heavy atom. The first-order valence-electron chi connectivity index (χ1n) is 7.25. The van der Waals surface area contributed by atoms with E-state index in [0.29, 0.717) is 28.0 Å². The van der Waals surface area contributed by atoms with Gasteiger partial charge in [0.25, 0.3) is 0 Å². The largest absolute Gasteiger partial charge is 0.463 e. The SMILES string of the molecule is Cc1noc2c(-c3cccc(CN(F)C(=O)O)c3)cc(CO)cc12. The van der Waals surface area contributed by atoms with Crippen LogP contribution in [0.15, 0.2) is 40.9 Å². The molecule has 0 fully saturated rings. The zero-order valence-electron chi connectivity index (χ0n) is 12.9. The van der Waals surface area contributed by atoms with E-state index in [1.807, 2.05) is 6.07 Å². The predicted molar refractivity (Wildman–Crippen MR) is 84.8 cm³/mol. The van der Waals surface area contributed by atoms with Gasteiger partial charge in [-0.15, -0.1) is 5.12 Å². The molecular formula is C17H15FN2O4. The maximum absolute atomic E-state index is 13.3. The molecule has 2 aromatic carbocycles. The number of aryl methyl sites for hydroxylation is 1. The molecule has 0 spiro atoms. The topological polar surface area (TPSA) is 86.8 Å². The summed E-state index contributed by atoms with van der Waals surface area (Å²) in [5.74, 6) is 0. The van der Waals surface area contributed by atoms with E-state index in [1.54, 1.807) is 37.3 Å². The van der Waals surface area contributed by atoms with Crippen LogP contribution in [0.25, 0.3) is 22.1 Å². The van der Waals surface area contributed by atoms with Gasteiger partial charge in [0.05, 0.1) is 18.8 Å². The second-order valence-corrected chi connectivity index (χ2v) is 5.45. The molecule has 1 heterocycles. The number of aliphatic hydroxyl groups is 1. The molecule has 24 heavy (non-hydrogen) atoms. The van der Waals surface area contributed by atoms with Gasteiger partial charge in [0.15, 0.2) is 5.58 Å². The highest BCUT2D eigenvalue weighted by atomic mass is 19.2. The quantitative estimate of drug-likeness (QED) is 0.713. The molecule has 0 unspecified atom stereocenters. The highest BCUT2D eigenvalue weighted by molar-refractivity contribution is 5.94. The lowest BCUT2D eigenvalue weighted by Crippen LogP contribution is -2.19. The van der Waals surface area contributed by atoms with Crippen LogP contribution in [0.5, 0.6) is 0 Å². The zero-order chi connectivity index (χ0) is 17.3. The van der Waals surface area contributed by atoms with E-state index in [0.717, 1.165) is 10.9 Å². The lowest BCUT2D eigenvalue weighted by molar-refractivity contribution is 0.0250. The highest BCUT2D eigenvalue weighted by Gasteiger charge is 2.15. The van der Waals surface area contributed by atoms with Crippen LogP contribution in [0.1, 0.15) is 16.8 Å². The van der Waals surface area contributed by atoms with Gasteiger partial charge in [0, 0.05) is 10.9 Å². The monoisotopic (exact) mass is 330 g/mol. The Kier molecular flexibility index (Phi) is 4.18. The van der Waals surface area contributed by atoms with Crippen LogP contribution in [-0.4, -0.2) is 26.6 Å². The summed E-state index contributed by atoms with van der Waals surface area (Å²) in [6.07, 6.45) is -1.64. The fourth-order valence-electron chi connectivity index (χ4n) is 2.59. The summed E-state index contributed by atoms with van der Waals surface area (Å²) >= 11 is 0. The van der Waals surface area contributed by atoms with Gasteiger partial charge in [-0.2, -0.15) is 0 Å². The van der Waals surface area contributed by atoms with Gasteiger partial charge in [-0.3, -0.25) is 0 Å². The lowest BCUT2D eigenvalue weighted by atomic mass is 9.98. The number of aromatic nitrogens is 1. The molecule has 7 heteroatoms. The average molecular weight is 330 g/mol. The summed E-state index contributed by atoms with van der Waals surface area (Å²) in [7, 11) is 0. The van der Waals surface area contributed by atoms with Crippen molar-refractivity contribution in [3.63, 3.8) is 0 Å². The molecule has 6 nitrogen and oxygen atoms in total. The van der Waals surface area contributed by atoms with E-state index in [4.69, 9.17) is 9.63 Å². The van der Waals surface area contributed by atoms with Crippen LogP contribution in [0.3, 0.4) is 0 Å². The Morgan fingerprint density at radius 3 is 2.79 bits per heavy atom. The van der Waals surface area contributed by atoms with Gasteiger partial charge in [-0.1, -0.05) is 27.8 Å². The van der Waals surface area contributed by atoms with Gasteiger partial charge in [-0.25, -0.2) is 4.79 Å². The number of hydrogen-bond donors (Lipinski definition) is 2. The van der Waals surface area contributed by atoms with E-state index in [-0.39, 0.29) is 18.3 Å². The summed E-state index contributed by atoms with van der Waals surface area (Å²) in [4.78, 5) is 10.6. The van der Waals surface area contributed by atoms with Crippen molar-refractivity contribution in [2.24, 2.45) is 0 Å². The third kappa shape index (κ3) is 2.93. The van der Waals surface area contributed by atoms with E-state index >= 15 is 0 Å². The minimum atomic E-state index is -1.64. The van der Waals surface area contributed by atoms with Gasteiger partial charge < -0.3 is 14.7 Å². The van der Waals surface area contributed by atoms with Crippen molar-refractivity contribution in [2.45, 2.75) is 20.1 Å². The number of fused-ring (bicyclic) bond motifs is 1. The minimum Gasteiger partial charge on any atom is -0.463 e. The molecule has 0 aliphatic heterocycles. The first kappa shape index (κ1) is 15.9. The second-order valence-electron chi connectivity index (χ2n) is 5.45. The smallest absolute Gasteiger partial charge is 0.435 e. The zero-order valence-corrected chi connectivity index (χ0v) is 12.9. The van der Waals surface area contributed by atoms with Crippen molar-refractivity contribution in [3.05, 3.63) is 53.2 Å². The Morgan fingerprint density at radius 2 is 2.08 bits per heavy atom. The maximum atomic E-state index is 13.3. The van der Waals surface area contributed by atoms with Crippen LogP contribution in [-0.2, 0) is 13.2 Å². The second kappa shape index (κ2) is 6.29. The lowest BCUT2D eigenvalue weighted by Gasteiger charge is -2.10. The molecule has 0 aliphatic carbocycles. The summed E-state index contributed by atoms with van der Waals surface area (Å²) in [6, 6.07) is 10.4. The maximum Gasteiger partial charge on any atom is 0.435 e. The molecule has 0 saturated carbocycles. The number of halogens is 1. The van der Waals surface area contributed by atoms with Crippen molar-refractivity contribution in [2.75, 3.05) is 0 Å². The number of nitrogens with zero attached hydrogens (tertiary/aromatic N) is 2. The van der Waals surface area contributed by atoms with Crippen LogP contribution in [0.4, 0.5) is 9.28 Å². The van der Waals surface area contributed by atoms with E-state index < -0.39 is 6.09 Å². The fraction of sp³-hybridized carbons (Fsp3) is 0.176. The van der Waals surface area contributed by atoms with Gasteiger partial charge in [0.1, 0.15) is 0 Å². The van der Waals surface area contributed by atoms with Crippen LogP contribution in [0.2, 0.25) is 0 Å². The Hall–Kier alpha value is -2.93. The summed E-state index contributed by atoms with van der Waals surface area (Å²) in [6.45, 7) is 1.30. The van der Waals surface area contributed by atoms with Gasteiger partial charge in [0.2, 0.25) is 0 Å². The highest BCUT2D eigenvalue weighted by Crippen LogP contribution is 2.32. The van der Waals surface area contributed by atoms with E-state index in [2.05, 4.69) is 5.16 Å². The first-order chi connectivity index (χ1) is 11.5. The number of aliphatic hydroxyl groups excluding tert-OH is 1. The minimum absolute atomic E-state index is 0.134. The number of rotatable bonds is 4.